The Labute approximate surface area is 92.0 Å². The van der Waals surface area contributed by atoms with Gasteiger partial charge in [0.25, 0.3) is 0 Å². The Hall–Kier alpha value is -2.23. The number of nitrogens with two attached hydrogens (primary N) is 1. The second kappa shape index (κ2) is 3.13. The molecule has 1 aromatic carbocycles. The lowest BCUT2D eigenvalue weighted by Crippen LogP contribution is -1.88. The Morgan fingerprint density at radius 1 is 1.31 bits per heavy atom. The summed E-state index contributed by atoms with van der Waals surface area (Å²) in [6.07, 6.45) is 1.74. The number of anilines is 1. The summed E-state index contributed by atoms with van der Waals surface area (Å²) in [5, 5.41) is 2.09. The monoisotopic (exact) mass is 213 g/mol. The van der Waals surface area contributed by atoms with E-state index in [1.54, 1.807) is 13.3 Å². The molecule has 3 N–H and O–H groups in total. The second-order valence-corrected chi connectivity index (χ2v) is 3.66. The molecule has 0 saturated heterocycles. The van der Waals surface area contributed by atoms with Crippen LogP contribution in [0.2, 0.25) is 0 Å². The van der Waals surface area contributed by atoms with Gasteiger partial charge in [-0.15, -0.1) is 0 Å². The number of nitrogens with one attached hydrogen (secondary N) is 1. The van der Waals surface area contributed by atoms with Crippen LogP contribution in [0.25, 0.3) is 21.8 Å². The predicted octanol–water partition coefficient (Wildman–Crippen LogP) is 2.31. The third-order valence-corrected chi connectivity index (χ3v) is 2.71. The first-order chi connectivity index (χ1) is 7.79. The van der Waals surface area contributed by atoms with E-state index in [2.05, 4.69) is 9.97 Å². The molecular formula is C12H11N3O. The molecule has 0 spiro atoms. The van der Waals surface area contributed by atoms with E-state index < -0.39 is 0 Å². The summed E-state index contributed by atoms with van der Waals surface area (Å²) < 4.78 is 5.35. The van der Waals surface area contributed by atoms with Crippen LogP contribution in [0.1, 0.15) is 0 Å². The van der Waals surface area contributed by atoms with Crippen molar-refractivity contribution < 1.29 is 4.74 Å². The molecule has 0 fully saturated rings. The highest BCUT2D eigenvalue weighted by molar-refractivity contribution is 6.10. The molecule has 0 unspecified atom stereocenters. The average molecular weight is 213 g/mol. The topological polar surface area (TPSA) is 63.9 Å². The van der Waals surface area contributed by atoms with Gasteiger partial charge in [-0.25, -0.2) is 4.98 Å². The van der Waals surface area contributed by atoms with Gasteiger partial charge in [0.1, 0.15) is 11.6 Å². The molecule has 80 valence electrons. The highest BCUT2D eigenvalue weighted by Gasteiger charge is 2.09. The fourth-order valence-electron chi connectivity index (χ4n) is 2.01. The summed E-state index contributed by atoms with van der Waals surface area (Å²) in [5.74, 6) is 1.36. The maximum Gasteiger partial charge on any atom is 0.128 e. The Morgan fingerprint density at radius 3 is 3.00 bits per heavy atom. The van der Waals surface area contributed by atoms with Crippen molar-refractivity contribution in [3.8, 4) is 5.75 Å². The van der Waals surface area contributed by atoms with Gasteiger partial charge in [0.05, 0.1) is 24.3 Å². The molecule has 16 heavy (non-hydrogen) atoms. The number of fused-ring (bicyclic) bond motifs is 3. The van der Waals surface area contributed by atoms with Crippen molar-refractivity contribution in [2.24, 2.45) is 0 Å². The molecule has 2 aromatic heterocycles. The van der Waals surface area contributed by atoms with Crippen LogP contribution in [0.3, 0.4) is 0 Å². The molecule has 4 heteroatoms. The molecule has 0 atom stereocenters. The van der Waals surface area contributed by atoms with Crippen molar-refractivity contribution in [3.63, 3.8) is 0 Å². The van der Waals surface area contributed by atoms with Crippen LogP contribution in [0.15, 0.2) is 30.5 Å². The van der Waals surface area contributed by atoms with Crippen molar-refractivity contribution >= 4 is 27.6 Å². The first-order valence-corrected chi connectivity index (χ1v) is 4.99. The van der Waals surface area contributed by atoms with Gasteiger partial charge in [-0.1, -0.05) is 6.07 Å². The van der Waals surface area contributed by atoms with Crippen LogP contribution in [-0.2, 0) is 0 Å². The minimum absolute atomic E-state index is 0.513. The number of H-pyrrole nitrogens is 1. The van der Waals surface area contributed by atoms with Crippen LogP contribution < -0.4 is 10.5 Å². The smallest absolute Gasteiger partial charge is 0.128 e. The lowest BCUT2D eigenvalue weighted by Gasteiger charge is -2.01. The molecule has 4 nitrogen and oxygen atoms in total. The predicted molar refractivity (Wildman–Crippen MR) is 64.6 cm³/mol. The summed E-state index contributed by atoms with van der Waals surface area (Å²) in [7, 11) is 1.66. The minimum atomic E-state index is 0.513. The number of benzene rings is 1. The normalized spacial score (nSPS) is 11.1. The summed E-state index contributed by atoms with van der Waals surface area (Å²) in [4.78, 5) is 7.35. The maximum atomic E-state index is 5.70. The Bertz CT molecular complexity index is 672. The molecular weight excluding hydrogens is 202 g/mol. The zero-order valence-electron chi connectivity index (χ0n) is 8.82. The summed E-state index contributed by atoms with van der Waals surface area (Å²) in [5.41, 5.74) is 7.70. The third-order valence-electron chi connectivity index (χ3n) is 2.71. The Morgan fingerprint density at radius 2 is 2.19 bits per heavy atom. The van der Waals surface area contributed by atoms with E-state index in [1.165, 1.54) is 0 Å². The van der Waals surface area contributed by atoms with Crippen molar-refractivity contribution in [2.75, 3.05) is 12.8 Å². The van der Waals surface area contributed by atoms with Gasteiger partial charge in [0.2, 0.25) is 0 Å². The van der Waals surface area contributed by atoms with E-state index in [0.29, 0.717) is 5.82 Å². The van der Waals surface area contributed by atoms with Crippen LogP contribution >= 0.6 is 0 Å². The van der Waals surface area contributed by atoms with Crippen LogP contribution in [-0.4, -0.2) is 17.1 Å². The highest BCUT2D eigenvalue weighted by Crippen LogP contribution is 2.32. The first kappa shape index (κ1) is 9.03. The van der Waals surface area contributed by atoms with Gasteiger partial charge < -0.3 is 15.5 Å². The second-order valence-electron chi connectivity index (χ2n) is 3.66. The van der Waals surface area contributed by atoms with E-state index >= 15 is 0 Å². The zero-order valence-corrected chi connectivity index (χ0v) is 8.82. The number of pyridine rings is 1. The summed E-state index contributed by atoms with van der Waals surface area (Å²) in [6, 6.07) is 7.75. The number of hydrogen-bond donors (Lipinski definition) is 2. The first-order valence-electron chi connectivity index (χ1n) is 4.99. The minimum Gasteiger partial charge on any atom is -0.496 e. The SMILES string of the molecule is COc1cccc2[nH]c3cnc(N)cc3c12. The van der Waals surface area contributed by atoms with Gasteiger partial charge in [-0.3, -0.25) is 0 Å². The molecule has 0 aliphatic rings. The fraction of sp³-hybridized carbons (Fsp3) is 0.0833. The lowest BCUT2D eigenvalue weighted by molar-refractivity contribution is 0.420. The summed E-state index contributed by atoms with van der Waals surface area (Å²) >= 11 is 0. The van der Waals surface area contributed by atoms with Crippen LogP contribution in [0, 0.1) is 0 Å². The molecule has 3 aromatic rings. The number of methoxy groups -OCH3 is 1. The van der Waals surface area contributed by atoms with E-state index in [9.17, 15) is 0 Å². The average Bonchev–Trinajstić information content (AvgIpc) is 2.66. The van der Waals surface area contributed by atoms with Crippen LogP contribution in [0.4, 0.5) is 5.82 Å². The van der Waals surface area contributed by atoms with Crippen LogP contribution in [0.5, 0.6) is 5.75 Å². The number of aromatic amines is 1. The zero-order chi connectivity index (χ0) is 11.1. The van der Waals surface area contributed by atoms with E-state index in [-0.39, 0.29) is 0 Å². The van der Waals surface area contributed by atoms with Gasteiger partial charge in [-0.2, -0.15) is 0 Å². The molecule has 0 aliphatic carbocycles. The van der Waals surface area contributed by atoms with E-state index in [0.717, 1.165) is 27.6 Å². The standard InChI is InChI=1S/C12H11N3O/c1-16-10-4-2-3-8-12(10)7-5-11(13)14-6-9(7)15-8/h2-6,15H,1H3,(H2,13,14). The summed E-state index contributed by atoms with van der Waals surface area (Å²) in [6.45, 7) is 0. The highest BCUT2D eigenvalue weighted by atomic mass is 16.5. The quantitative estimate of drug-likeness (QED) is 0.652. The lowest BCUT2D eigenvalue weighted by atomic mass is 10.1. The molecule has 0 radical (unpaired) electrons. The Balaban J connectivity index is 2.54. The third kappa shape index (κ3) is 1.13. The van der Waals surface area contributed by atoms with Crippen molar-refractivity contribution in [2.45, 2.75) is 0 Å². The van der Waals surface area contributed by atoms with E-state index in [1.807, 2.05) is 24.3 Å². The van der Waals surface area contributed by atoms with Crippen molar-refractivity contribution in [3.05, 3.63) is 30.5 Å². The molecule has 0 saturated carbocycles. The number of nitrogen functional groups attached to an aromatic ring is 1. The van der Waals surface area contributed by atoms with Gasteiger partial charge in [0.15, 0.2) is 0 Å². The van der Waals surface area contributed by atoms with Crippen molar-refractivity contribution in [1.29, 1.82) is 0 Å². The number of nitrogens with zero attached hydrogens (tertiary/aromatic N) is 1. The number of aromatic nitrogens is 2. The molecule has 2 heterocycles. The molecule has 0 amide bonds. The Kier molecular flexibility index (Phi) is 1.77. The number of hydrogen-bond acceptors (Lipinski definition) is 3. The van der Waals surface area contributed by atoms with Crippen molar-refractivity contribution in [1.82, 2.24) is 9.97 Å². The van der Waals surface area contributed by atoms with E-state index in [4.69, 9.17) is 10.5 Å². The number of rotatable bonds is 1. The maximum absolute atomic E-state index is 5.70. The molecule has 0 aliphatic heterocycles. The fourth-order valence-corrected chi connectivity index (χ4v) is 2.01. The van der Waals surface area contributed by atoms with Gasteiger partial charge in [0, 0.05) is 10.8 Å². The van der Waals surface area contributed by atoms with Gasteiger partial charge >= 0.3 is 0 Å². The molecule has 0 bridgehead atoms. The largest absolute Gasteiger partial charge is 0.496 e. The number of ether oxygens (including phenoxy) is 1. The van der Waals surface area contributed by atoms with Gasteiger partial charge in [-0.05, 0) is 18.2 Å². The molecule has 3 rings (SSSR count).